The average molecular weight is 568 g/mol. The summed E-state index contributed by atoms with van der Waals surface area (Å²) in [5.41, 5.74) is 4.06. The van der Waals surface area contributed by atoms with Crippen LogP contribution in [-0.2, 0) is 34.3 Å². The number of carbonyl (C=O) groups is 1. The third-order valence-corrected chi connectivity index (χ3v) is 10.5. The standard InChI is InChI=1S/C31H29N5O4S/c1-18-10-12-20(13-11-18)41(39,40)36-27(22-17-34(4)32-19(22)2)14-21-23(16-33(3)29(37)28(21)36)25-15-31(25)24-8-6-7-9-26(24)35(5)30(31)38/h6-14,16-17,25H,15H2,1-5H3/t25-,31-/m0/s1. The van der Waals surface area contributed by atoms with E-state index in [-0.39, 0.29) is 22.2 Å². The molecule has 2 aromatic carbocycles. The van der Waals surface area contributed by atoms with Crippen molar-refractivity contribution in [2.75, 3.05) is 11.9 Å². The highest BCUT2D eigenvalue weighted by Crippen LogP contribution is 2.66. The van der Waals surface area contributed by atoms with Crippen LogP contribution in [0.2, 0.25) is 0 Å². The number of aryl methyl sites for hydroxylation is 4. The van der Waals surface area contributed by atoms with E-state index in [1.807, 2.05) is 38.1 Å². The zero-order valence-electron chi connectivity index (χ0n) is 23.4. The van der Waals surface area contributed by atoms with Crippen molar-refractivity contribution >= 4 is 32.5 Å². The van der Waals surface area contributed by atoms with Crippen molar-refractivity contribution in [2.24, 2.45) is 14.1 Å². The van der Waals surface area contributed by atoms with Crippen LogP contribution in [0.15, 0.2) is 76.7 Å². The van der Waals surface area contributed by atoms with Gasteiger partial charge in [0, 0.05) is 56.1 Å². The van der Waals surface area contributed by atoms with Crippen LogP contribution in [0.25, 0.3) is 22.2 Å². The lowest BCUT2D eigenvalue weighted by molar-refractivity contribution is -0.120. The van der Waals surface area contributed by atoms with Crippen LogP contribution < -0.4 is 10.5 Å². The number of para-hydroxylation sites is 1. The molecular weight excluding hydrogens is 538 g/mol. The molecule has 0 N–H and O–H groups in total. The average Bonchev–Trinajstić information content (AvgIpc) is 3.32. The molecule has 3 aromatic heterocycles. The lowest BCUT2D eigenvalue weighted by Gasteiger charge is -2.14. The van der Waals surface area contributed by atoms with Crippen LogP contribution in [0, 0.1) is 13.8 Å². The van der Waals surface area contributed by atoms with Gasteiger partial charge in [0.25, 0.3) is 15.6 Å². The molecule has 1 spiro atoms. The third-order valence-electron chi connectivity index (χ3n) is 8.74. The van der Waals surface area contributed by atoms with Crippen LogP contribution in [0.5, 0.6) is 0 Å². The summed E-state index contributed by atoms with van der Waals surface area (Å²) in [5, 5.41) is 4.98. The Bertz CT molecular complexity index is 2100. The number of nitrogens with zero attached hydrogens (tertiary/aromatic N) is 5. The van der Waals surface area contributed by atoms with Crippen LogP contribution in [0.4, 0.5) is 5.69 Å². The fourth-order valence-corrected chi connectivity index (χ4v) is 8.16. The van der Waals surface area contributed by atoms with Crippen molar-refractivity contribution in [3.8, 4) is 11.3 Å². The lowest BCUT2D eigenvalue weighted by atomic mass is 9.91. The number of anilines is 1. The molecule has 1 amide bonds. The topological polar surface area (TPSA) is 99.2 Å². The van der Waals surface area contributed by atoms with E-state index in [1.54, 1.807) is 73.5 Å². The van der Waals surface area contributed by atoms with Crippen LogP contribution >= 0.6 is 0 Å². The van der Waals surface area contributed by atoms with Gasteiger partial charge < -0.3 is 9.47 Å². The first-order chi connectivity index (χ1) is 19.5. The summed E-state index contributed by atoms with van der Waals surface area (Å²) in [6.07, 6.45) is 4.11. The summed E-state index contributed by atoms with van der Waals surface area (Å²) in [6.45, 7) is 3.70. The summed E-state index contributed by atoms with van der Waals surface area (Å²) in [7, 11) is 0.997. The predicted molar refractivity (Wildman–Crippen MR) is 157 cm³/mol. The summed E-state index contributed by atoms with van der Waals surface area (Å²) in [4.78, 5) is 29.3. The number of aromatic nitrogens is 4. The summed E-state index contributed by atoms with van der Waals surface area (Å²) in [5.74, 6) is -0.197. The van der Waals surface area contributed by atoms with Crippen LogP contribution in [0.1, 0.15) is 34.7 Å². The second-order valence-electron chi connectivity index (χ2n) is 11.3. The van der Waals surface area contributed by atoms with E-state index in [9.17, 15) is 18.0 Å². The number of rotatable bonds is 4. The maximum absolute atomic E-state index is 14.3. The summed E-state index contributed by atoms with van der Waals surface area (Å²) < 4.78 is 32.9. The lowest BCUT2D eigenvalue weighted by Crippen LogP contribution is -2.29. The monoisotopic (exact) mass is 567 g/mol. The van der Waals surface area contributed by atoms with Gasteiger partial charge in [0.15, 0.2) is 0 Å². The molecule has 10 heteroatoms. The number of hydrogen-bond donors (Lipinski definition) is 0. The van der Waals surface area contributed by atoms with Gasteiger partial charge in [0.1, 0.15) is 5.52 Å². The first kappa shape index (κ1) is 25.5. The van der Waals surface area contributed by atoms with Crippen LogP contribution in [-0.4, -0.2) is 39.7 Å². The number of amides is 1. The fourth-order valence-electron chi connectivity index (χ4n) is 6.64. The van der Waals surface area contributed by atoms with E-state index >= 15 is 0 Å². The molecule has 7 rings (SSSR count). The van der Waals surface area contributed by atoms with Crippen LogP contribution in [0.3, 0.4) is 0 Å². The first-order valence-electron chi connectivity index (χ1n) is 13.4. The van der Waals surface area contributed by atoms with E-state index < -0.39 is 21.0 Å². The molecule has 4 heterocycles. The first-order valence-corrected chi connectivity index (χ1v) is 14.9. The molecule has 0 unspecified atom stereocenters. The van der Waals surface area contributed by atoms with Crippen molar-refractivity contribution in [3.05, 3.63) is 99.7 Å². The van der Waals surface area contributed by atoms with Gasteiger partial charge in [-0.2, -0.15) is 5.10 Å². The molecule has 1 aliphatic heterocycles. The molecule has 41 heavy (non-hydrogen) atoms. The smallest absolute Gasteiger partial charge is 0.275 e. The maximum Gasteiger partial charge on any atom is 0.275 e. The Morgan fingerprint density at radius 3 is 2.34 bits per heavy atom. The highest BCUT2D eigenvalue weighted by atomic mass is 32.2. The van der Waals surface area contributed by atoms with E-state index in [0.29, 0.717) is 28.8 Å². The molecule has 2 atom stereocenters. The van der Waals surface area contributed by atoms with E-state index in [0.717, 1.165) is 22.4 Å². The predicted octanol–water partition coefficient (Wildman–Crippen LogP) is 4.00. The SMILES string of the molecule is Cc1ccc(S(=O)(=O)n2c(-c3cn(C)nc3C)cc3c([C@@H]4C[C@@]45C(=O)N(C)c4ccccc45)cn(C)c(=O)c32)cc1. The molecule has 2 aliphatic rings. The molecule has 9 nitrogen and oxygen atoms in total. The summed E-state index contributed by atoms with van der Waals surface area (Å²) in [6, 6.07) is 16.2. The molecule has 5 aromatic rings. The van der Waals surface area contributed by atoms with E-state index in [4.69, 9.17) is 0 Å². The molecule has 208 valence electrons. The number of likely N-dealkylation sites (N-methyl/N-ethyl adjacent to an activating group) is 1. The quantitative estimate of drug-likeness (QED) is 0.327. The molecular formula is C31H29N5O4S. The van der Waals surface area contributed by atoms with E-state index in [1.165, 1.54) is 8.54 Å². The fraction of sp³-hybridized carbons (Fsp3) is 0.258. The largest absolute Gasteiger partial charge is 0.316 e. The minimum absolute atomic E-state index is 0.0146. The third kappa shape index (κ3) is 3.34. The van der Waals surface area contributed by atoms with Crippen molar-refractivity contribution in [3.63, 3.8) is 0 Å². The van der Waals surface area contributed by atoms with Gasteiger partial charge >= 0.3 is 0 Å². The van der Waals surface area contributed by atoms with Gasteiger partial charge in [0.2, 0.25) is 5.91 Å². The van der Waals surface area contributed by atoms with Crippen molar-refractivity contribution in [2.45, 2.75) is 36.5 Å². The van der Waals surface area contributed by atoms with Gasteiger partial charge in [-0.3, -0.25) is 14.3 Å². The number of benzene rings is 2. The Hall–Kier alpha value is -4.44. The maximum atomic E-state index is 14.3. The molecule has 0 radical (unpaired) electrons. The zero-order valence-corrected chi connectivity index (χ0v) is 24.2. The highest BCUT2D eigenvalue weighted by Gasteiger charge is 2.67. The summed E-state index contributed by atoms with van der Waals surface area (Å²) >= 11 is 0. The number of fused-ring (bicyclic) bond motifs is 3. The second-order valence-corrected chi connectivity index (χ2v) is 13.1. The minimum atomic E-state index is -4.19. The van der Waals surface area contributed by atoms with Gasteiger partial charge in [-0.15, -0.1) is 0 Å². The van der Waals surface area contributed by atoms with Gasteiger partial charge in [-0.25, -0.2) is 12.4 Å². The van der Waals surface area contributed by atoms with Crippen molar-refractivity contribution in [1.82, 2.24) is 18.3 Å². The molecule has 0 bridgehead atoms. The van der Waals surface area contributed by atoms with Crippen molar-refractivity contribution in [1.29, 1.82) is 0 Å². The second kappa shape index (κ2) is 8.29. The highest BCUT2D eigenvalue weighted by molar-refractivity contribution is 7.90. The Balaban J connectivity index is 1.54. The van der Waals surface area contributed by atoms with Gasteiger partial charge in [0.05, 0.1) is 21.7 Å². The van der Waals surface area contributed by atoms with E-state index in [2.05, 4.69) is 5.10 Å². The number of carbonyl (C=O) groups excluding carboxylic acids is 1. The molecule has 1 saturated carbocycles. The van der Waals surface area contributed by atoms with Gasteiger partial charge in [-0.1, -0.05) is 35.9 Å². The Morgan fingerprint density at radius 1 is 0.951 bits per heavy atom. The molecule has 1 fully saturated rings. The molecule has 0 saturated heterocycles. The Labute approximate surface area is 237 Å². The number of pyridine rings is 1. The van der Waals surface area contributed by atoms with Gasteiger partial charge in [-0.05, 0) is 55.7 Å². The normalized spacial score (nSPS) is 19.9. The number of hydrogen-bond acceptors (Lipinski definition) is 5. The molecule has 1 aliphatic carbocycles. The van der Waals surface area contributed by atoms with Crippen molar-refractivity contribution < 1.29 is 13.2 Å². The minimum Gasteiger partial charge on any atom is -0.316 e. The Kier molecular flexibility index (Phi) is 5.16. The zero-order chi connectivity index (χ0) is 29.0. The Morgan fingerprint density at radius 2 is 1.66 bits per heavy atom.